The molecular weight excluding hydrogens is 244 g/mol. The summed E-state index contributed by atoms with van der Waals surface area (Å²) in [5.41, 5.74) is 0.848. The van der Waals surface area contributed by atoms with Crippen LogP contribution in [-0.2, 0) is 9.47 Å². The number of aliphatic hydroxyl groups excluding tert-OH is 2. The first-order valence-electron chi connectivity index (χ1n) is 7.30. The zero-order valence-corrected chi connectivity index (χ0v) is 11.5. The van der Waals surface area contributed by atoms with Crippen molar-refractivity contribution in [1.29, 1.82) is 0 Å². The van der Waals surface area contributed by atoms with Gasteiger partial charge in [0.15, 0.2) is 12.6 Å². The highest BCUT2D eigenvalue weighted by molar-refractivity contribution is 5.27. The van der Waals surface area contributed by atoms with E-state index in [0.29, 0.717) is 6.61 Å². The van der Waals surface area contributed by atoms with Crippen LogP contribution in [0.15, 0.2) is 11.6 Å². The van der Waals surface area contributed by atoms with Gasteiger partial charge in [0.05, 0.1) is 12.7 Å². The van der Waals surface area contributed by atoms with Gasteiger partial charge >= 0.3 is 0 Å². The Hall–Kier alpha value is -0.420. The molecule has 106 valence electrons. The number of hydrogen-bond donors (Lipinski definition) is 2. The molecule has 6 atom stereocenters. The van der Waals surface area contributed by atoms with Crippen molar-refractivity contribution < 1.29 is 19.7 Å². The average molecular weight is 266 g/mol. The summed E-state index contributed by atoms with van der Waals surface area (Å²) in [6.07, 6.45) is 3.39. The normalized spacial score (nSPS) is 54.5. The number of ether oxygens (including phenoxy) is 2. The predicted molar refractivity (Wildman–Crippen MR) is 68.0 cm³/mol. The molecule has 4 nitrogen and oxygen atoms in total. The van der Waals surface area contributed by atoms with Crippen LogP contribution in [0, 0.1) is 22.7 Å². The number of aliphatic hydroxyl groups is 2. The van der Waals surface area contributed by atoms with Crippen molar-refractivity contribution in [2.75, 3.05) is 6.61 Å². The summed E-state index contributed by atoms with van der Waals surface area (Å²) >= 11 is 0. The van der Waals surface area contributed by atoms with Crippen molar-refractivity contribution in [3.8, 4) is 0 Å². The predicted octanol–water partition coefficient (Wildman–Crippen LogP) is 1.42. The van der Waals surface area contributed by atoms with Crippen LogP contribution >= 0.6 is 0 Å². The first-order chi connectivity index (χ1) is 8.98. The van der Waals surface area contributed by atoms with Gasteiger partial charge in [-0.25, -0.2) is 0 Å². The molecule has 4 heteroatoms. The maximum Gasteiger partial charge on any atom is 0.168 e. The molecule has 0 aromatic carbocycles. The van der Waals surface area contributed by atoms with Crippen molar-refractivity contribution in [2.45, 2.75) is 51.8 Å². The number of allylic oxidation sites excluding steroid dienone is 1. The molecule has 1 saturated carbocycles. The minimum Gasteiger partial charge on any atom is -0.393 e. The minimum absolute atomic E-state index is 0.188. The minimum atomic E-state index is -0.761. The van der Waals surface area contributed by atoms with Crippen molar-refractivity contribution in [3.05, 3.63) is 11.6 Å². The molecule has 0 aromatic rings. The number of rotatable bonds is 0. The van der Waals surface area contributed by atoms with Crippen LogP contribution in [-0.4, -0.2) is 35.5 Å². The van der Waals surface area contributed by atoms with E-state index in [1.165, 1.54) is 5.57 Å². The van der Waals surface area contributed by atoms with Crippen molar-refractivity contribution >= 4 is 0 Å². The molecular formula is C15H22O4. The highest BCUT2D eigenvalue weighted by atomic mass is 16.7. The second kappa shape index (κ2) is 3.61. The largest absolute Gasteiger partial charge is 0.393 e. The first-order valence-corrected chi connectivity index (χ1v) is 7.30. The molecule has 1 spiro atoms. The van der Waals surface area contributed by atoms with Crippen LogP contribution < -0.4 is 0 Å². The molecule has 19 heavy (non-hydrogen) atoms. The molecule has 4 aliphatic rings. The molecule has 0 bridgehead atoms. The molecule has 0 unspecified atom stereocenters. The summed E-state index contributed by atoms with van der Waals surface area (Å²) in [5, 5.41) is 20.9. The third kappa shape index (κ3) is 1.29. The van der Waals surface area contributed by atoms with Gasteiger partial charge in [-0.2, -0.15) is 0 Å². The van der Waals surface area contributed by atoms with E-state index in [0.717, 1.165) is 19.3 Å². The van der Waals surface area contributed by atoms with E-state index in [9.17, 15) is 10.2 Å². The molecule has 4 rings (SSSR count). The van der Waals surface area contributed by atoms with Gasteiger partial charge in [-0.05, 0) is 36.2 Å². The molecule has 3 fully saturated rings. The number of hydrogen-bond acceptors (Lipinski definition) is 4. The Kier molecular flexibility index (Phi) is 2.34. The second-order valence-electron chi connectivity index (χ2n) is 7.20. The van der Waals surface area contributed by atoms with Crippen LogP contribution in [0.1, 0.15) is 33.1 Å². The Labute approximate surface area is 113 Å². The Bertz CT molecular complexity index is 443. The summed E-state index contributed by atoms with van der Waals surface area (Å²) in [6, 6.07) is 0. The molecule has 0 radical (unpaired) electrons. The van der Waals surface area contributed by atoms with Crippen LogP contribution in [0.5, 0.6) is 0 Å². The van der Waals surface area contributed by atoms with E-state index in [1.54, 1.807) is 0 Å². The fraction of sp³-hybridized carbons (Fsp3) is 0.867. The van der Waals surface area contributed by atoms with E-state index >= 15 is 0 Å². The zero-order valence-electron chi connectivity index (χ0n) is 11.5. The Morgan fingerprint density at radius 1 is 1.32 bits per heavy atom. The zero-order chi connectivity index (χ0) is 13.4. The fourth-order valence-electron chi connectivity index (χ4n) is 5.17. The average Bonchev–Trinajstić information content (AvgIpc) is 2.89. The van der Waals surface area contributed by atoms with Crippen LogP contribution in [0.25, 0.3) is 0 Å². The van der Waals surface area contributed by atoms with Crippen molar-refractivity contribution in [2.24, 2.45) is 22.7 Å². The maximum absolute atomic E-state index is 10.5. The quantitative estimate of drug-likeness (QED) is 0.651. The van der Waals surface area contributed by atoms with Gasteiger partial charge in [-0.1, -0.05) is 19.9 Å². The Morgan fingerprint density at radius 3 is 2.89 bits per heavy atom. The third-order valence-corrected chi connectivity index (χ3v) is 6.26. The molecule has 0 amide bonds. The van der Waals surface area contributed by atoms with Crippen molar-refractivity contribution in [3.63, 3.8) is 0 Å². The van der Waals surface area contributed by atoms with Gasteiger partial charge in [0.1, 0.15) is 0 Å². The first kappa shape index (κ1) is 12.3. The van der Waals surface area contributed by atoms with Gasteiger partial charge < -0.3 is 19.7 Å². The van der Waals surface area contributed by atoms with Crippen LogP contribution in [0.4, 0.5) is 0 Å². The molecule has 2 N–H and O–H groups in total. The van der Waals surface area contributed by atoms with Gasteiger partial charge in [0.2, 0.25) is 0 Å². The summed E-state index contributed by atoms with van der Waals surface area (Å²) in [7, 11) is 0. The van der Waals surface area contributed by atoms with Gasteiger partial charge in [-0.3, -0.25) is 0 Å². The lowest BCUT2D eigenvalue weighted by molar-refractivity contribution is -0.223. The van der Waals surface area contributed by atoms with E-state index in [1.807, 2.05) is 0 Å². The highest BCUT2D eigenvalue weighted by Crippen LogP contribution is 2.66. The summed E-state index contributed by atoms with van der Waals surface area (Å²) in [6.45, 7) is 4.88. The van der Waals surface area contributed by atoms with Crippen LogP contribution in [0.3, 0.4) is 0 Å². The van der Waals surface area contributed by atoms with E-state index in [2.05, 4.69) is 19.9 Å². The molecule has 2 aliphatic carbocycles. The van der Waals surface area contributed by atoms with E-state index < -0.39 is 6.29 Å². The van der Waals surface area contributed by atoms with Gasteiger partial charge in [0, 0.05) is 11.3 Å². The lowest BCUT2D eigenvalue weighted by Gasteiger charge is -2.57. The van der Waals surface area contributed by atoms with Crippen molar-refractivity contribution in [1.82, 2.24) is 0 Å². The lowest BCUT2D eigenvalue weighted by atomic mass is 9.47. The van der Waals surface area contributed by atoms with Gasteiger partial charge in [-0.15, -0.1) is 0 Å². The Balaban J connectivity index is 1.86. The van der Waals surface area contributed by atoms with E-state index in [4.69, 9.17) is 9.47 Å². The van der Waals surface area contributed by atoms with Gasteiger partial charge in [0.25, 0.3) is 0 Å². The summed E-state index contributed by atoms with van der Waals surface area (Å²) in [5.74, 6) is 0.437. The molecule has 2 saturated heterocycles. The van der Waals surface area contributed by atoms with E-state index in [-0.39, 0.29) is 35.1 Å². The summed E-state index contributed by atoms with van der Waals surface area (Å²) in [4.78, 5) is 0. The SMILES string of the molecule is CC1(C)[C@@H](O)CC[C@]23[C@H](O)O[C@H]4OCC(=CC[C@@H]12)[C@H]43. The third-order valence-electron chi connectivity index (χ3n) is 6.26. The smallest absolute Gasteiger partial charge is 0.168 e. The van der Waals surface area contributed by atoms with Crippen LogP contribution in [0.2, 0.25) is 0 Å². The second-order valence-corrected chi connectivity index (χ2v) is 7.20. The highest BCUT2D eigenvalue weighted by Gasteiger charge is 2.68. The maximum atomic E-state index is 10.5. The standard InChI is InChI=1S/C15H22O4/c1-14(2)9-4-3-8-7-18-12-11(8)15(9,13(17)19-12)6-5-10(14)16/h3,9-13,16-17H,4-7H2,1-2H3/t9-,10-,11+,12+,13+,15-/m0/s1. The Morgan fingerprint density at radius 2 is 2.11 bits per heavy atom. The monoisotopic (exact) mass is 266 g/mol. The molecule has 2 heterocycles. The molecule has 2 aliphatic heterocycles. The fourth-order valence-corrected chi connectivity index (χ4v) is 5.17. The summed E-state index contributed by atoms with van der Waals surface area (Å²) < 4.78 is 11.4. The topological polar surface area (TPSA) is 58.9 Å². The molecule has 0 aromatic heterocycles. The lowest BCUT2D eigenvalue weighted by Crippen LogP contribution is -2.57.